The van der Waals surface area contributed by atoms with Gasteiger partial charge >= 0.3 is 0 Å². The van der Waals surface area contributed by atoms with Gasteiger partial charge in [-0.25, -0.2) is 4.98 Å². The monoisotopic (exact) mass is 410 g/mol. The Bertz CT molecular complexity index is 1130. The summed E-state index contributed by atoms with van der Waals surface area (Å²) in [7, 11) is 0. The molecule has 2 aromatic heterocycles. The standard InChI is InChI=1S/C21H22N4O3S/c26-19-17-15-5-2-6-16(15)29-21(17)24-18(23-19)20(27)22-12-13-3-1-4-14(11-13)25-7-9-28-10-8-25/h1,3-4,11H,2,5-10,12H2,(H,22,27)(H,23,24,26). The highest BCUT2D eigenvalue weighted by atomic mass is 32.1. The molecule has 1 aliphatic heterocycles. The first-order valence-corrected chi connectivity index (χ1v) is 10.7. The maximum absolute atomic E-state index is 12.6. The van der Waals surface area contributed by atoms with E-state index in [9.17, 15) is 9.59 Å². The summed E-state index contributed by atoms with van der Waals surface area (Å²) in [5, 5.41) is 3.54. The van der Waals surface area contributed by atoms with Crippen LogP contribution < -0.4 is 15.8 Å². The van der Waals surface area contributed by atoms with E-state index < -0.39 is 0 Å². The fourth-order valence-electron chi connectivity index (χ4n) is 4.06. The second-order valence-corrected chi connectivity index (χ2v) is 8.49. The number of thiophene rings is 1. The van der Waals surface area contributed by atoms with Crippen molar-refractivity contribution >= 4 is 33.1 Å². The van der Waals surface area contributed by atoms with Crippen LogP contribution in [-0.2, 0) is 24.1 Å². The average Bonchev–Trinajstić information content (AvgIpc) is 3.34. The van der Waals surface area contributed by atoms with Crippen molar-refractivity contribution in [3.05, 3.63) is 56.4 Å². The zero-order valence-electron chi connectivity index (χ0n) is 16.0. The quantitative estimate of drug-likeness (QED) is 0.689. The lowest BCUT2D eigenvalue weighted by molar-refractivity contribution is 0.0940. The number of anilines is 1. The molecule has 29 heavy (non-hydrogen) atoms. The Morgan fingerprint density at radius 1 is 1.28 bits per heavy atom. The van der Waals surface area contributed by atoms with E-state index in [0.717, 1.165) is 62.4 Å². The van der Waals surface area contributed by atoms with E-state index in [0.29, 0.717) is 16.8 Å². The maximum Gasteiger partial charge on any atom is 0.287 e. The molecule has 1 aromatic carbocycles. The Hall–Kier alpha value is -2.71. The van der Waals surface area contributed by atoms with Crippen molar-refractivity contribution in [1.29, 1.82) is 0 Å². The molecule has 3 heterocycles. The highest BCUT2D eigenvalue weighted by Gasteiger charge is 2.22. The number of H-pyrrole nitrogens is 1. The second-order valence-electron chi connectivity index (χ2n) is 7.40. The summed E-state index contributed by atoms with van der Waals surface area (Å²) in [5.74, 6) is -0.291. The topological polar surface area (TPSA) is 87.3 Å². The summed E-state index contributed by atoms with van der Waals surface area (Å²) in [6.45, 7) is 3.57. The van der Waals surface area contributed by atoms with Crippen LogP contribution in [0.2, 0.25) is 0 Å². The zero-order chi connectivity index (χ0) is 19.8. The van der Waals surface area contributed by atoms with Crippen LogP contribution in [0.5, 0.6) is 0 Å². The maximum atomic E-state index is 12.6. The van der Waals surface area contributed by atoms with E-state index in [1.54, 1.807) is 0 Å². The number of carbonyl (C=O) groups excluding carboxylic acids is 1. The first-order chi connectivity index (χ1) is 14.2. The largest absolute Gasteiger partial charge is 0.378 e. The van der Waals surface area contributed by atoms with Gasteiger partial charge in [0.05, 0.1) is 18.6 Å². The fraction of sp³-hybridized carbons (Fsp3) is 0.381. The zero-order valence-corrected chi connectivity index (χ0v) is 16.8. The van der Waals surface area contributed by atoms with Gasteiger partial charge in [-0.15, -0.1) is 11.3 Å². The van der Waals surface area contributed by atoms with E-state index in [4.69, 9.17) is 4.74 Å². The molecule has 3 aromatic rings. The number of nitrogens with zero attached hydrogens (tertiary/aromatic N) is 2. The van der Waals surface area contributed by atoms with Crippen molar-refractivity contribution in [1.82, 2.24) is 15.3 Å². The Balaban J connectivity index is 1.31. The van der Waals surface area contributed by atoms with Crippen molar-refractivity contribution < 1.29 is 9.53 Å². The van der Waals surface area contributed by atoms with Crippen LogP contribution in [-0.4, -0.2) is 42.2 Å². The predicted molar refractivity (Wildman–Crippen MR) is 113 cm³/mol. The van der Waals surface area contributed by atoms with Gasteiger partial charge in [0.2, 0.25) is 5.82 Å². The van der Waals surface area contributed by atoms with Crippen molar-refractivity contribution in [2.45, 2.75) is 25.8 Å². The Morgan fingerprint density at radius 3 is 3.00 bits per heavy atom. The molecule has 1 aliphatic carbocycles. The van der Waals surface area contributed by atoms with Crippen LogP contribution >= 0.6 is 11.3 Å². The molecule has 0 spiro atoms. The van der Waals surface area contributed by atoms with Crippen molar-refractivity contribution in [2.24, 2.45) is 0 Å². The number of carbonyl (C=O) groups is 1. The molecule has 1 amide bonds. The Kier molecular flexibility index (Phi) is 4.81. The number of benzene rings is 1. The van der Waals surface area contributed by atoms with Gasteiger partial charge in [-0.1, -0.05) is 12.1 Å². The lowest BCUT2D eigenvalue weighted by atomic mass is 10.1. The number of aryl methyl sites for hydroxylation is 2. The molecule has 2 N–H and O–H groups in total. The van der Waals surface area contributed by atoms with E-state index in [2.05, 4.69) is 32.3 Å². The van der Waals surface area contributed by atoms with Gasteiger partial charge in [0.15, 0.2) is 0 Å². The number of amides is 1. The van der Waals surface area contributed by atoms with E-state index in [-0.39, 0.29) is 17.3 Å². The van der Waals surface area contributed by atoms with Crippen LogP contribution in [0.1, 0.15) is 33.0 Å². The smallest absolute Gasteiger partial charge is 0.287 e. The molecule has 0 saturated carbocycles. The number of hydrogen-bond donors (Lipinski definition) is 2. The SMILES string of the molecule is O=C(NCc1cccc(N2CCOCC2)c1)c1nc2sc3c(c2c(=O)[nH]1)CCC3. The number of morpholine rings is 1. The molecule has 150 valence electrons. The van der Waals surface area contributed by atoms with Gasteiger partial charge in [0.1, 0.15) is 4.83 Å². The predicted octanol–water partition coefficient (Wildman–Crippen LogP) is 2.24. The Labute approximate surface area is 171 Å². The normalized spacial score (nSPS) is 16.2. The molecule has 0 bridgehead atoms. The van der Waals surface area contributed by atoms with Crippen molar-refractivity contribution in [3.63, 3.8) is 0 Å². The van der Waals surface area contributed by atoms with E-state index >= 15 is 0 Å². The molecule has 5 rings (SSSR count). The Morgan fingerprint density at radius 2 is 2.14 bits per heavy atom. The highest BCUT2D eigenvalue weighted by Crippen LogP contribution is 2.34. The number of ether oxygens (including phenoxy) is 1. The lowest BCUT2D eigenvalue weighted by Crippen LogP contribution is -2.36. The van der Waals surface area contributed by atoms with Gasteiger partial charge in [0.25, 0.3) is 11.5 Å². The third-order valence-corrected chi connectivity index (χ3v) is 6.72. The van der Waals surface area contributed by atoms with Crippen molar-refractivity contribution in [3.8, 4) is 0 Å². The lowest BCUT2D eigenvalue weighted by Gasteiger charge is -2.29. The highest BCUT2D eigenvalue weighted by molar-refractivity contribution is 7.18. The average molecular weight is 410 g/mol. The molecule has 7 nitrogen and oxygen atoms in total. The van der Waals surface area contributed by atoms with Crippen LogP contribution in [0.15, 0.2) is 29.1 Å². The number of fused-ring (bicyclic) bond motifs is 3. The minimum absolute atomic E-state index is 0.0757. The third-order valence-electron chi connectivity index (χ3n) is 5.53. The number of aromatic nitrogens is 2. The first-order valence-electron chi connectivity index (χ1n) is 9.93. The molecule has 0 radical (unpaired) electrons. The number of rotatable bonds is 4. The minimum atomic E-state index is -0.366. The van der Waals surface area contributed by atoms with Crippen LogP contribution in [0.4, 0.5) is 5.69 Å². The molecule has 2 aliphatic rings. The molecular weight excluding hydrogens is 388 g/mol. The van der Waals surface area contributed by atoms with Gasteiger partial charge in [-0.2, -0.15) is 0 Å². The summed E-state index contributed by atoms with van der Waals surface area (Å²) < 4.78 is 5.41. The van der Waals surface area contributed by atoms with E-state index in [1.807, 2.05) is 12.1 Å². The van der Waals surface area contributed by atoms with Gasteiger partial charge in [0, 0.05) is 30.2 Å². The van der Waals surface area contributed by atoms with Gasteiger partial charge in [-0.05, 0) is 42.5 Å². The third kappa shape index (κ3) is 3.54. The first kappa shape index (κ1) is 18.3. The molecule has 1 saturated heterocycles. The second kappa shape index (κ2) is 7.61. The van der Waals surface area contributed by atoms with Crippen LogP contribution in [0.3, 0.4) is 0 Å². The molecule has 0 atom stereocenters. The number of aromatic amines is 1. The molecule has 8 heteroatoms. The summed E-state index contributed by atoms with van der Waals surface area (Å²) in [4.78, 5) is 36.4. The van der Waals surface area contributed by atoms with Gasteiger partial charge in [-0.3, -0.25) is 9.59 Å². The molecule has 1 fully saturated rings. The summed E-state index contributed by atoms with van der Waals surface area (Å²) in [6.07, 6.45) is 3.00. The summed E-state index contributed by atoms with van der Waals surface area (Å²) >= 11 is 1.54. The number of hydrogen-bond acceptors (Lipinski definition) is 6. The van der Waals surface area contributed by atoms with Crippen molar-refractivity contribution in [2.75, 3.05) is 31.2 Å². The van der Waals surface area contributed by atoms with E-state index in [1.165, 1.54) is 16.2 Å². The number of nitrogens with one attached hydrogen (secondary N) is 2. The van der Waals surface area contributed by atoms with Crippen LogP contribution in [0.25, 0.3) is 10.2 Å². The van der Waals surface area contributed by atoms with Crippen LogP contribution in [0, 0.1) is 0 Å². The molecule has 0 unspecified atom stereocenters. The minimum Gasteiger partial charge on any atom is -0.378 e. The fourth-order valence-corrected chi connectivity index (χ4v) is 5.32. The summed E-state index contributed by atoms with van der Waals surface area (Å²) in [5.41, 5.74) is 3.03. The van der Waals surface area contributed by atoms with Gasteiger partial charge < -0.3 is 19.9 Å². The summed E-state index contributed by atoms with van der Waals surface area (Å²) in [6, 6.07) is 8.12. The molecular formula is C21H22N4O3S.